The van der Waals surface area contributed by atoms with E-state index in [0.717, 1.165) is 19.3 Å². The molecule has 0 aliphatic heterocycles. The van der Waals surface area contributed by atoms with Crippen molar-refractivity contribution in [1.29, 1.82) is 0 Å². The Morgan fingerprint density at radius 1 is 1.50 bits per heavy atom. The molecule has 1 heterocycles. The second-order valence-corrected chi connectivity index (χ2v) is 4.27. The smallest absolute Gasteiger partial charge is 0.356 e. The zero-order chi connectivity index (χ0) is 13.0. The fourth-order valence-corrected chi connectivity index (χ4v) is 2.21. The molecule has 6 heteroatoms. The van der Waals surface area contributed by atoms with Gasteiger partial charge in [-0.05, 0) is 26.2 Å². The molecule has 2 atom stereocenters. The number of carbonyl (C=O) groups is 1. The first-order chi connectivity index (χ1) is 8.70. The Bertz CT molecular complexity index is 408. The minimum absolute atomic E-state index is 0.0478. The Kier molecular flexibility index (Phi) is 4.09. The summed E-state index contributed by atoms with van der Waals surface area (Å²) in [7, 11) is 0. The third kappa shape index (κ3) is 2.95. The van der Waals surface area contributed by atoms with E-state index in [1.54, 1.807) is 0 Å². The van der Waals surface area contributed by atoms with Gasteiger partial charge in [-0.3, -0.25) is 0 Å². The minimum Gasteiger partial charge on any atom is -0.476 e. The van der Waals surface area contributed by atoms with Gasteiger partial charge in [-0.25, -0.2) is 14.8 Å². The summed E-state index contributed by atoms with van der Waals surface area (Å²) in [4.78, 5) is 18.5. The van der Waals surface area contributed by atoms with Crippen molar-refractivity contribution in [1.82, 2.24) is 9.97 Å². The lowest BCUT2D eigenvalue weighted by molar-refractivity contribution is 0.0615. The van der Waals surface area contributed by atoms with Crippen molar-refractivity contribution in [2.75, 3.05) is 11.9 Å². The van der Waals surface area contributed by atoms with E-state index >= 15 is 0 Å². The molecular weight excluding hydrogens is 234 g/mol. The average molecular weight is 251 g/mol. The van der Waals surface area contributed by atoms with Gasteiger partial charge >= 0.3 is 5.97 Å². The van der Waals surface area contributed by atoms with E-state index in [4.69, 9.17) is 9.84 Å². The van der Waals surface area contributed by atoms with Crippen LogP contribution in [-0.4, -0.2) is 39.8 Å². The maximum absolute atomic E-state index is 10.7. The molecule has 1 aliphatic rings. The average Bonchev–Trinajstić information content (AvgIpc) is 2.78. The molecule has 1 fully saturated rings. The van der Waals surface area contributed by atoms with Gasteiger partial charge in [0.1, 0.15) is 5.82 Å². The van der Waals surface area contributed by atoms with Crippen LogP contribution < -0.4 is 5.32 Å². The molecule has 2 rings (SSSR count). The summed E-state index contributed by atoms with van der Waals surface area (Å²) >= 11 is 0. The molecule has 0 unspecified atom stereocenters. The Labute approximate surface area is 105 Å². The fraction of sp³-hybridized carbons (Fsp3) is 0.583. The molecular formula is C12H17N3O3. The van der Waals surface area contributed by atoms with Gasteiger partial charge in [0.25, 0.3) is 0 Å². The number of nitrogens with one attached hydrogen (secondary N) is 1. The second kappa shape index (κ2) is 5.77. The summed E-state index contributed by atoms with van der Waals surface area (Å²) in [6.45, 7) is 2.68. The number of anilines is 1. The molecule has 1 saturated carbocycles. The van der Waals surface area contributed by atoms with Crippen molar-refractivity contribution in [3.8, 4) is 0 Å². The molecule has 0 saturated heterocycles. The maximum Gasteiger partial charge on any atom is 0.356 e. The number of aromatic nitrogens is 2. The predicted molar refractivity (Wildman–Crippen MR) is 65.7 cm³/mol. The quantitative estimate of drug-likeness (QED) is 0.825. The van der Waals surface area contributed by atoms with Crippen LogP contribution in [0, 0.1) is 0 Å². The van der Waals surface area contributed by atoms with Crippen LogP contribution in [0.1, 0.15) is 36.7 Å². The number of ether oxygens (including phenoxy) is 1. The van der Waals surface area contributed by atoms with Gasteiger partial charge in [-0.15, -0.1) is 0 Å². The van der Waals surface area contributed by atoms with Crippen LogP contribution >= 0.6 is 0 Å². The molecule has 0 radical (unpaired) electrons. The molecule has 0 aromatic carbocycles. The Hall–Kier alpha value is -1.69. The largest absolute Gasteiger partial charge is 0.476 e. The van der Waals surface area contributed by atoms with Crippen molar-refractivity contribution in [2.24, 2.45) is 0 Å². The molecule has 1 aromatic rings. The van der Waals surface area contributed by atoms with Gasteiger partial charge in [0.15, 0.2) is 5.69 Å². The summed E-state index contributed by atoms with van der Waals surface area (Å²) in [6, 6.07) is 0.231. The standard InChI is InChI=1S/C12H17N3O3/c1-2-18-10-5-3-4-8(10)15-11-7-13-9(6-14-11)12(16)17/h6-8,10H,2-5H2,1H3,(H,14,15)(H,16,17)/t8-,10-/m1/s1. The zero-order valence-electron chi connectivity index (χ0n) is 10.3. The summed E-state index contributed by atoms with van der Waals surface area (Å²) in [5, 5.41) is 12.0. The third-order valence-electron chi connectivity index (χ3n) is 3.04. The van der Waals surface area contributed by atoms with Crippen LogP contribution in [0.2, 0.25) is 0 Å². The molecule has 6 nitrogen and oxygen atoms in total. The maximum atomic E-state index is 10.7. The zero-order valence-corrected chi connectivity index (χ0v) is 10.3. The molecule has 2 N–H and O–H groups in total. The van der Waals surface area contributed by atoms with Crippen molar-refractivity contribution in [2.45, 2.75) is 38.3 Å². The van der Waals surface area contributed by atoms with Gasteiger partial charge in [0, 0.05) is 6.61 Å². The minimum atomic E-state index is -1.07. The van der Waals surface area contributed by atoms with E-state index < -0.39 is 5.97 Å². The lowest BCUT2D eigenvalue weighted by Gasteiger charge is -2.21. The van der Waals surface area contributed by atoms with E-state index in [0.29, 0.717) is 12.4 Å². The van der Waals surface area contributed by atoms with Crippen LogP contribution in [0.4, 0.5) is 5.82 Å². The molecule has 0 spiro atoms. The van der Waals surface area contributed by atoms with Crippen molar-refractivity contribution in [3.63, 3.8) is 0 Å². The first-order valence-electron chi connectivity index (χ1n) is 6.14. The Morgan fingerprint density at radius 3 is 2.94 bits per heavy atom. The highest BCUT2D eigenvalue weighted by atomic mass is 16.5. The monoisotopic (exact) mass is 251 g/mol. The van der Waals surface area contributed by atoms with Crippen LogP contribution in [-0.2, 0) is 4.74 Å². The third-order valence-corrected chi connectivity index (χ3v) is 3.04. The van der Waals surface area contributed by atoms with E-state index in [-0.39, 0.29) is 17.8 Å². The number of hydrogen-bond acceptors (Lipinski definition) is 5. The Balaban J connectivity index is 1.98. The highest BCUT2D eigenvalue weighted by Crippen LogP contribution is 2.24. The van der Waals surface area contributed by atoms with Gasteiger partial charge in [0.05, 0.1) is 24.5 Å². The Morgan fingerprint density at radius 2 is 2.33 bits per heavy atom. The highest BCUT2D eigenvalue weighted by Gasteiger charge is 2.27. The number of aromatic carboxylic acids is 1. The van der Waals surface area contributed by atoms with Crippen molar-refractivity contribution < 1.29 is 14.6 Å². The molecule has 18 heavy (non-hydrogen) atoms. The number of carboxylic acid groups (broad SMARTS) is 1. The van der Waals surface area contributed by atoms with Crippen LogP contribution in [0.3, 0.4) is 0 Å². The number of hydrogen-bond donors (Lipinski definition) is 2. The first kappa shape index (κ1) is 12.8. The lowest BCUT2D eigenvalue weighted by atomic mass is 10.2. The number of carboxylic acids is 1. The summed E-state index contributed by atoms with van der Waals surface area (Å²) < 4.78 is 5.64. The first-order valence-corrected chi connectivity index (χ1v) is 6.14. The van der Waals surface area contributed by atoms with Gasteiger partial charge in [-0.2, -0.15) is 0 Å². The number of nitrogens with zero attached hydrogens (tertiary/aromatic N) is 2. The topological polar surface area (TPSA) is 84.3 Å². The van der Waals surface area contributed by atoms with E-state index in [2.05, 4.69) is 15.3 Å². The molecule has 98 valence electrons. The van der Waals surface area contributed by atoms with Gasteiger partial charge in [0.2, 0.25) is 0 Å². The molecule has 0 amide bonds. The normalized spacial score (nSPS) is 22.9. The van der Waals surface area contributed by atoms with Crippen LogP contribution in [0.25, 0.3) is 0 Å². The predicted octanol–water partition coefficient (Wildman–Crippen LogP) is 1.54. The van der Waals surface area contributed by atoms with Crippen LogP contribution in [0.15, 0.2) is 12.4 Å². The van der Waals surface area contributed by atoms with E-state index in [1.807, 2.05) is 6.92 Å². The van der Waals surface area contributed by atoms with Gasteiger partial charge in [-0.1, -0.05) is 0 Å². The molecule has 0 bridgehead atoms. The fourth-order valence-electron chi connectivity index (χ4n) is 2.21. The molecule has 1 aliphatic carbocycles. The highest BCUT2D eigenvalue weighted by molar-refractivity contribution is 5.84. The van der Waals surface area contributed by atoms with Gasteiger partial charge < -0.3 is 15.2 Å². The number of rotatable bonds is 5. The van der Waals surface area contributed by atoms with Crippen LogP contribution in [0.5, 0.6) is 0 Å². The van der Waals surface area contributed by atoms with E-state index in [1.165, 1.54) is 12.4 Å². The summed E-state index contributed by atoms with van der Waals surface area (Å²) in [5.41, 5.74) is -0.0478. The van der Waals surface area contributed by atoms with Crippen molar-refractivity contribution in [3.05, 3.63) is 18.1 Å². The second-order valence-electron chi connectivity index (χ2n) is 4.27. The SMILES string of the molecule is CCO[C@@H]1CCC[C@H]1Nc1cnc(C(=O)O)cn1. The molecule has 1 aromatic heterocycles. The van der Waals surface area contributed by atoms with E-state index in [9.17, 15) is 4.79 Å². The van der Waals surface area contributed by atoms with Crippen molar-refractivity contribution >= 4 is 11.8 Å². The summed E-state index contributed by atoms with van der Waals surface area (Å²) in [5.74, 6) is -0.473. The lowest BCUT2D eigenvalue weighted by Crippen LogP contribution is -2.31. The summed E-state index contributed by atoms with van der Waals surface area (Å²) in [6.07, 6.45) is 6.12.